The summed E-state index contributed by atoms with van der Waals surface area (Å²) in [5.74, 6) is 0.221. The van der Waals surface area contributed by atoms with Gasteiger partial charge in [0.2, 0.25) is 10.0 Å². The van der Waals surface area contributed by atoms with Gasteiger partial charge < -0.3 is 10.8 Å². The Bertz CT molecular complexity index is 652. The van der Waals surface area contributed by atoms with E-state index in [9.17, 15) is 13.5 Å². The molecule has 1 fully saturated rings. The second kappa shape index (κ2) is 6.00. The quantitative estimate of drug-likeness (QED) is 0.789. The molecule has 0 heterocycles. The van der Waals surface area contributed by atoms with Gasteiger partial charge in [0.15, 0.2) is 0 Å². The molecule has 1 aromatic rings. The molecule has 1 saturated carbocycles. The number of aliphatic hydroxyl groups is 1. The van der Waals surface area contributed by atoms with Crippen LogP contribution in [0.5, 0.6) is 0 Å². The number of rotatable bonds is 5. The van der Waals surface area contributed by atoms with Crippen molar-refractivity contribution < 1.29 is 13.5 Å². The summed E-state index contributed by atoms with van der Waals surface area (Å²) in [5, 5.41) is 9.30. The first-order valence-electron chi connectivity index (χ1n) is 6.76. The summed E-state index contributed by atoms with van der Waals surface area (Å²) in [6.07, 6.45) is 1.03. The highest BCUT2D eigenvalue weighted by molar-refractivity contribution is 7.89. The van der Waals surface area contributed by atoms with E-state index in [2.05, 4.69) is 0 Å². The lowest BCUT2D eigenvalue weighted by Gasteiger charge is -2.34. The summed E-state index contributed by atoms with van der Waals surface area (Å²) < 4.78 is 26.7. The van der Waals surface area contributed by atoms with Crippen molar-refractivity contribution in [2.45, 2.75) is 30.8 Å². The van der Waals surface area contributed by atoms with Gasteiger partial charge >= 0.3 is 0 Å². The Morgan fingerprint density at radius 2 is 2.10 bits per heavy atom. The molecule has 5 nitrogen and oxygen atoms in total. The predicted octanol–water partition coefficient (Wildman–Crippen LogP) is 1.02. The molecule has 0 unspecified atom stereocenters. The van der Waals surface area contributed by atoms with E-state index in [0.29, 0.717) is 30.5 Å². The molecule has 0 atom stereocenters. The van der Waals surface area contributed by atoms with Crippen LogP contribution in [-0.4, -0.2) is 42.5 Å². The number of benzene rings is 1. The molecular weight excluding hydrogens is 308 g/mol. The van der Waals surface area contributed by atoms with Crippen LogP contribution in [0, 0.1) is 12.8 Å². The summed E-state index contributed by atoms with van der Waals surface area (Å²) in [5.41, 5.74) is 6.78. The van der Waals surface area contributed by atoms with Crippen LogP contribution in [0.2, 0.25) is 0 Å². The fraction of sp³-hybridized carbons (Fsp3) is 0.500. The molecule has 1 aliphatic rings. The number of sulfonamides is 1. The molecular formula is C14H20N2O3S2. The van der Waals surface area contributed by atoms with Gasteiger partial charge in [-0.2, -0.15) is 0 Å². The van der Waals surface area contributed by atoms with Gasteiger partial charge in [0, 0.05) is 19.2 Å². The average Bonchev–Trinajstić information content (AvgIpc) is 2.36. The zero-order valence-corrected chi connectivity index (χ0v) is 13.7. The molecule has 0 bridgehead atoms. The molecule has 0 saturated heterocycles. The molecule has 0 spiro atoms. The van der Waals surface area contributed by atoms with Crippen molar-refractivity contribution in [1.29, 1.82) is 0 Å². The van der Waals surface area contributed by atoms with E-state index in [0.717, 1.165) is 0 Å². The van der Waals surface area contributed by atoms with Gasteiger partial charge in [-0.3, -0.25) is 0 Å². The highest BCUT2D eigenvalue weighted by atomic mass is 32.2. The fourth-order valence-corrected chi connectivity index (χ4v) is 4.13. The summed E-state index contributed by atoms with van der Waals surface area (Å²) >= 11 is 4.91. The van der Waals surface area contributed by atoms with E-state index in [1.54, 1.807) is 26.1 Å². The molecule has 1 aliphatic carbocycles. The topological polar surface area (TPSA) is 83.6 Å². The van der Waals surface area contributed by atoms with Crippen molar-refractivity contribution in [2.75, 3.05) is 13.6 Å². The maximum atomic E-state index is 12.7. The number of thiocarbonyl (C=S) groups is 1. The van der Waals surface area contributed by atoms with E-state index in [1.807, 2.05) is 0 Å². The minimum atomic E-state index is -3.58. The Morgan fingerprint density at radius 3 is 2.62 bits per heavy atom. The van der Waals surface area contributed by atoms with Crippen LogP contribution >= 0.6 is 12.2 Å². The van der Waals surface area contributed by atoms with Crippen molar-refractivity contribution in [3.63, 3.8) is 0 Å². The summed E-state index contributed by atoms with van der Waals surface area (Å²) in [4.78, 5) is 0.409. The summed E-state index contributed by atoms with van der Waals surface area (Å²) in [6.45, 7) is 2.16. The normalized spacial score (nSPS) is 22.1. The lowest BCUT2D eigenvalue weighted by atomic mass is 9.82. The average molecular weight is 328 g/mol. The lowest BCUT2D eigenvalue weighted by Crippen LogP contribution is -2.39. The molecule has 0 amide bonds. The number of aliphatic hydroxyl groups excluding tert-OH is 1. The van der Waals surface area contributed by atoms with Gasteiger partial charge in [0.05, 0.1) is 11.0 Å². The largest absolute Gasteiger partial charge is 0.393 e. The Balaban J connectivity index is 2.26. The van der Waals surface area contributed by atoms with Crippen molar-refractivity contribution in [1.82, 2.24) is 4.31 Å². The van der Waals surface area contributed by atoms with Gasteiger partial charge in [-0.05, 0) is 37.3 Å². The van der Waals surface area contributed by atoms with Crippen LogP contribution in [-0.2, 0) is 10.0 Å². The molecule has 7 heteroatoms. The third-order valence-corrected chi connectivity index (χ3v) is 6.09. The number of hydrogen-bond acceptors (Lipinski definition) is 4. The van der Waals surface area contributed by atoms with Crippen molar-refractivity contribution in [3.8, 4) is 0 Å². The number of nitrogens with two attached hydrogens (primary N) is 1. The zero-order chi connectivity index (χ0) is 15.8. The predicted molar refractivity (Wildman–Crippen MR) is 85.6 cm³/mol. The minimum absolute atomic E-state index is 0.177. The van der Waals surface area contributed by atoms with Gasteiger partial charge in [-0.1, -0.05) is 24.4 Å². The second-order valence-electron chi connectivity index (χ2n) is 5.62. The maximum absolute atomic E-state index is 12.7. The first kappa shape index (κ1) is 16.4. The van der Waals surface area contributed by atoms with Crippen LogP contribution in [0.15, 0.2) is 23.1 Å². The smallest absolute Gasteiger partial charge is 0.243 e. The van der Waals surface area contributed by atoms with Crippen LogP contribution in [0.3, 0.4) is 0 Å². The van der Waals surface area contributed by atoms with Gasteiger partial charge in [-0.15, -0.1) is 0 Å². The first-order valence-corrected chi connectivity index (χ1v) is 8.61. The lowest BCUT2D eigenvalue weighted by molar-refractivity contribution is 0.0367. The molecule has 1 aromatic carbocycles. The van der Waals surface area contributed by atoms with E-state index in [-0.39, 0.29) is 21.9 Å². The molecule has 116 valence electrons. The molecule has 0 radical (unpaired) electrons. The SMILES string of the molecule is Cc1ccc(C(N)=S)cc1S(=O)(=O)N(C)CC1CC(O)C1. The highest BCUT2D eigenvalue weighted by Crippen LogP contribution is 2.29. The Kier molecular flexibility index (Phi) is 4.67. The highest BCUT2D eigenvalue weighted by Gasteiger charge is 2.32. The van der Waals surface area contributed by atoms with Crippen molar-refractivity contribution >= 4 is 27.2 Å². The van der Waals surface area contributed by atoms with Crippen LogP contribution < -0.4 is 5.73 Å². The standard InChI is InChI=1S/C14H20N2O3S2/c1-9-3-4-11(14(15)20)7-13(9)21(18,19)16(2)8-10-5-12(17)6-10/h3-4,7,10,12,17H,5-6,8H2,1-2H3,(H2,15,20). The number of aryl methyl sites for hydroxylation is 1. The van der Waals surface area contributed by atoms with E-state index < -0.39 is 10.0 Å². The molecule has 0 aliphatic heterocycles. The van der Waals surface area contributed by atoms with E-state index >= 15 is 0 Å². The van der Waals surface area contributed by atoms with Crippen LogP contribution in [0.25, 0.3) is 0 Å². The third-order valence-electron chi connectivity index (χ3n) is 3.89. The van der Waals surface area contributed by atoms with Gasteiger partial charge in [0.1, 0.15) is 4.99 Å². The van der Waals surface area contributed by atoms with Gasteiger partial charge in [0.25, 0.3) is 0 Å². The van der Waals surface area contributed by atoms with Crippen LogP contribution in [0.1, 0.15) is 24.0 Å². The molecule has 0 aromatic heterocycles. The third kappa shape index (κ3) is 3.42. The van der Waals surface area contributed by atoms with Crippen molar-refractivity contribution in [2.24, 2.45) is 11.7 Å². The Labute approximate surface area is 130 Å². The minimum Gasteiger partial charge on any atom is -0.393 e. The molecule has 21 heavy (non-hydrogen) atoms. The van der Waals surface area contributed by atoms with Crippen molar-refractivity contribution in [3.05, 3.63) is 29.3 Å². The van der Waals surface area contributed by atoms with Crippen LogP contribution in [0.4, 0.5) is 0 Å². The monoisotopic (exact) mass is 328 g/mol. The molecule has 2 rings (SSSR count). The summed E-state index contributed by atoms with van der Waals surface area (Å²) in [6, 6.07) is 4.96. The number of hydrogen-bond donors (Lipinski definition) is 2. The maximum Gasteiger partial charge on any atom is 0.243 e. The summed E-state index contributed by atoms with van der Waals surface area (Å²) in [7, 11) is -2.02. The first-order chi connectivity index (χ1) is 9.71. The fourth-order valence-electron chi connectivity index (χ4n) is 2.51. The second-order valence-corrected chi connectivity index (χ2v) is 8.07. The Morgan fingerprint density at radius 1 is 1.48 bits per heavy atom. The zero-order valence-electron chi connectivity index (χ0n) is 12.1. The van der Waals surface area contributed by atoms with E-state index in [1.165, 1.54) is 10.4 Å². The van der Waals surface area contributed by atoms with Gasteiger partial charge in [-0.25, -0.2) is 12.7 Å². The number of nitrogens with zero attached hydrogens (tertiary/aromatic N) is 1. The van der Waals surface area contributed by atoms with E-state index in [4.69, 9.17) is 18.0 Å². The Hall–Kier alpha value is -1.02. The molecule has 3 N–H and O–H groups in total.